The summed E-state index contributed by atoms with van der Waals surface area (Å²) in [6.07, 6.45) is 6.42. The van der Waals surface area contributed by atoms with Gasteiger partial charge in [0, 0.05) is 17.8 Å². The van der Waals surface area contributed by atoms with Gasteiger partial charge in [0.25, 0.3) is 0 Å². The van der Waals surface area contributed by atoms with E-state index in [0.717, 1.165) is 13.0 Å². The van der Waals surface area contributed by atoms with Crippen molar-refractivity contribution in [2.75, 3.05) is 6.54 Å². The maximum atomic E-state index is 12.1. The predicted octanol–water partition coefficient (Wildman–Crippen LogP) is 1.54. The molecule has 0 radical (unpaired) electrons. The second-order valence-corrected chi connectivity index (χ2v) is 5.27. The van der Waals surface area contributed by atoms with Crippen LogP contribution in [-0.2, 0) is 11.2 Å². The van der Waals surface area contributed by atoms with Crippen LogP contribution in [0.4, 0.5) is 0 Å². The quantitative estimate of drug-likeness (QED) is 0.807. The van der Waals surface area contributed by atoms with E-state index < -0.39 is 6.04 Å². The van der Waals surface area contributed by atoms with Crippen molar-refractivity contribution in [2.24, 2.45) is 5.73 Å². The topological polar surface area (TPSA) is 46.3 Å². The Balaban J connectivity index is 2.15. The molecule has 2 atom stereocenters. The van der Waals surface area contributed by atoms with Gasteiger partial charge in [-0.15, -0.1) is 23.7 Å². The van der Waals surface area contributed by atoms with Crippen LogP contribution in [0.15, 0.2) is 11.4 Å². The Morgan fingerprint density at radius 3 is 3.29 bits per heavy atom. The highest BCUT2D eigenvalue weighted by Gasteiger charge is 2.30. The van der Waals surface area contributed by atoms with E-state index in [-0.39, 0.29) is 11.9 Å². The van der Waals surface area contributed by atoms with Crippen molar-refractivity contribution < 1.29 is 4.79 Å². The summed E-state index contributed by atoms with van der Waals surface area (Å²) in [5.41, 5.74) is 7.04. The molecule has 0 aromatic carbocycles. The molecule has 17 heavy (non-hydrogen) atoms. The molecule has 0 saturated heterocycles. The monoisotopic (exact) mass is 248 g/mol. The van der Waals surface area contributed by atoms with Gasteiger partial charge in [0.1, 0.15) is 0 Å². The van der Waals surface area contributed by atoms with Crippen molar-refractivity contribution in [2.45, 2.75) is 31.8 Å². The molecular weight excluding hydrogens is 232 g/mol. The minimum atomic E-state index is -0.567. The Morgan fingerprint density at radius 1 is 1.82 bits per heavy atom. The molecule has 2 rings (SSSR count). The van der Waals surface area contributed by atoms with Crippen LogP contribution in [0.25, 0.3) is 0 Å². The van der Waals surface area contributed by atoms with Crippen LogP contribution in [0, 0.1) is 12.3 Å². The number of terminal acetylenes is 1. The molecule has 4 heteroatoms. The number of nitrogens with two attached hydrogens (primary N) is 1. The number of fused-ring (bicyclic) bond motifs is 1. The highest BCUT2D eigenvalue weighted by atomic mass is 32.1. The van der Waals surface area contributed by atoms with Crippen LogP contribution >= 0.6 is 11.3 Å². The van der Waals surface area contributed by atoms with E-state index in [0.29, 0.717) is 6.42 Å². The summed E-state index contributed by atoms with van der Waals surface area (Å²) in [6.45, 7) is 2.79. The Hall–Kier alpha value is -1.31. The van der Waals surface area contributed by atoms with E-state index in [4.69, 9.17) is 12.2 Å². The zero-order valence-electron chi connectivity index (χ0n) is 9.85. The zero-order valence-corrected chi connectivity index (χ0v) is 10.7. The first-order chi connectivity index (χ1) is 8.15. The fraction of sp³-hybridized carbons (Fsp3) is 0.462. The minimum Gasteiger partial charge on any atom is -0.334 e. The number of carbonyl (C=O) groups excluding carboxylic acids is 1. The summed E-state index contributed by atoms with van der Waals surface area (Å²) in [6, 6.07) is 1.64. The molecule has 0 fully saturated rings. The minimum absolute atomic E-state index is 0.0349. The lowest BCUT2D eigenvalue weighted by molar-refractivity contribution is -0.135. The standard InChI is InChI=1S/C13H16N2OS/c1-3-4-11(14)13(16)15-7-5-12-10(9(15)2)6-8-17-12/h1,6,8-9,11H,4-5,7,14H2,2H3. The highest BCUT2D eigenvalue weighted by molar-refractivity contribution is 7.10. The fourth-order valence-corrected chi connectivity index (χ4v) is 3.20. The van der Waals surface area contributed by atoms with E-state index in [1.165, 1.54) is 10.4 Å². The van der Waals surface area contributed by atoms with Crippen LogP contribution in [0.1, 0.15) is 29.8 Å². The van der Waals surface area contributed by atoms with Gasteiger partial charge in [-0.3, -0.25) is 4.79 Å². The lowest BCUT2D eigenvalue weighted by Gasteiger charge is -2.35. The van der Waals surface area contributed by atoms with E-state index in [1.807, 2.05) is 11.8 Å². The number of hydrogen-bond acceptors (Lipinski definition) is 3. The average Bonchev–Trinajstić information content (AvgIpc) is 2.78. The van der Waals surface area contributed by atoms with E-state index in [1.54, 1.807) is 11.3 Å². The van der Waals surface area contributed by atoms with Gasteiger partial charge in [0.15, 0.2) is 0 Å². The Kier molecular flexibility index (Phi) is 3.51. The number of rotatable bonds is 2. The lowest BCUT2D eigenvalue weighted by atomic mass is 10.00. The highest BCUT2D eigenvalue weighted by Crippen LogP contribution is 2.33. The number of amides is 1. The fourth-order valence-electron chi connectivity index (χ4n) is 2.24. The zero-order chi connectivity index (χ0) is 12.4. The van der Waals surface area contributed by atoms with Crippen molar-refractivity contribution in [3.8, 4) is 12.3 Å². The van der Waals surface area contributed by atoms with Gasteiger partial charge in [-0.05, 0) is 30.4 Å². The van der Waals surface area contributed by atoms with E-state index >= 15 is 0 Å². The normalized spacial score (nSPS) is 20.5. The summed E-state index contributed by atoms with van der Waals surface area (Å²) in [4.78, 5) is 15.4. The summed E-state index contributed by atoms with van der Waals surface area (Å²) in [5.74, 6) is 2.41. The van der Waals surface area contributed by atoms with E-state index in [9.17, 15) is 4.79 Å². The van der Waals surface area contributed by atoms with Gasteiger partial charge < -0.3 is 10.6 Å². The largest absolute Gasteiger partial charge is 0.334 e. The predicted molar refractivity (Wildman–Crippen MR) is 69.6 cm³/mol. The number of thiophene rings is 1. The van der Waals surface area contributed by atoms with Crippen molar-refractivity contribution in [1.29, 1.82) is 0 Å². The third-order valence-electron chi connectivity index (χ3n) is 3.22. The molecule has 90 valence electrons. The van der Waals surface area contributed by atoms with Gasteiger partial charge in [-0.1, -0.05) is 0 Å². The van der Waals surface area contributed by atoms with Crippen molar-refractivity contribution in [3.63, 3.8) is 0 Å². The van der Waals surface area contributed by atoms with Crippen LogP contribution in [-0.4, -0.2) is 23.4 Å². The third kappa shape index (κ3) is 2.21. The van der Waals surface area contributed by atoms with Crippen molar-refractivity contribution >= 4 is 17.2 Å². The molecule has 1 aliphatic rings. The SMILES string of the molecule is C#CCC(N)C(=O)N1CCc2sccc2C1C. The second-order valence-electron chi connectivity index (χ2n) is 4.27. The van der Waals surface area contributed by atoms with Crippen molar-refractivity contribution in [3.05, 3.63) is 21.9 Å². The van der Waals surface area contributed by atoms with Gasteiger partial charge in [0.05, 0.1) is 12.1 Å². The molecule has 1 aromatic heterocycles. The van der Waals surface area contributed by atoms with Gasteiger partial charge >= 0.3 is 0 Å². The van der Waals surface area contributed by atoms with Gasteiger partial charge in [-0.25, -0.2) is 0 Å². The number of nitrogens with zero attached hydrogens (tertiary/aromatic N) is 1. The first-order valence-electron chi connectivity index (χ1n) is 5.71. The lowest BCUT2D eigenvalue weighted by Crippen LogP contribution is -2.47. The molecule has 2 unspecified atom stereocenters. The summed E-state index contributed by atoms with van der Waals surface area (Å²) in [7, 11) is 0. The number of hydrogen-bond donors (Lipinski definition) is 1. The summed E-state index contributed by atoms with van der Waals surface area (Å²) < 4.78 is 0. The van der Waals surface area contributed by atoms with Crippen LogP contribution in [0.3, 0.4) is 0 Å². The Bertz CT molecular complexity index is 460. The number of carbonyl (C=O) groups is 1. The van der Waals surface area contributed by atoms with Crippen LogP contribution in [0.5, 0.6) is 0 Å². The summed E-state index contributed by atoms with van der Waals surface area (Å²) >= 11 is 1.76. The van der Waals surface area contributed by atoms with Gasteiger partial charge in [0.2, 0.25) is 5.91 Å². The van der Waals surface area contributed by atoms with Crippen molar-refractivity contribution in [1.82, 2.24) is 4.90 Å². The molecule has 2 heterocycles. The van der Waals surface area contributed by atoms with Gasteiger partial charge in [-0.2, -0.15) is 0 Å². The molecule has 0 aliphatic carbocycles. The molecule has 1 aliphatic heterocycles. The molecule has 1 aromatic rings. The van der Waals surface area contributed by atoms with E-state index in [2.05, 4.69) is 17.4 Å². The molecule has 3 nitrogen and oxygen atoms in total. The molecule has 0 saturated carbocycles. The smallest absolute Gasteiger partial charge is 0.240 e. The summed E-state index contributed by atoms with van der Waals surface area (Å²) in [5, 5.41) is 2.08. The van der Waals surface area contributed by atoms with Crippen LogP contribution < -0.4 is 5.73 Å². The maximum Gasteiger partial charge on any atom is 0.240 e. The molecular formula is C13H16N2OS. The second kappa shape index (κ2) is 4.91. The average molecular weight is 248 g/mol. The molecule has 0 bridgehead atoms. The third-order valence-corrected chi connectivity index (χ3v) is 4.21. The molecule has 0 spiro atoms. The molecule has 2 N–H and O–H groups in total. The Labute approximate surface area is 106 Å². The Morgan fingerprint density at radius 2 is 2.59 bits per heavy atom. The first kappa shape index (κ1) is 12.2. The first-order valence-corrected chi connectivity index (χ1v) is 6.59. The maximum absolute atomic E-state index is 12.1. The van der Waals surface area contributed by atoms with Crippen LogP contribution in [0.2, 0.25) is 0 Å². The molecule has 1 amide bonds.